The number of aromatic amines is 1. The van der Waals surface area contributed by atoms with Gasteiger partial charge in [0, 0.05) is 25.6 Å². The van der Waals surface area contributed by atoms with E-state index >= 15 is 0 Å². The topological polar surface area (TPSA) is 58.1 Å². The number of carbonyl (C=O) groups is 1. The molecule has 0 bridgehead atoms. The number of rotatable bonds is 6. The van der Waals surface area contributed by atoms with E-state index in [0.717, 1.165) is 0 Å². The van der Waals surface area contributed by atoms with Crippen LogP contribution in [0.2, 0.25) is 0 Å². The Bertz CT molecular complexity index is 1050. The van der Waals surface area contributed by atoms with Gasteiger partial charge < -0.3 is 9.88 Å². The smallest absolute Gasteiger partial charge is 0.339 e. The van der Waals surface area contributed by atoms with Gasteiger partial charge in [0.25, 0.3) is 5.56 Å². The van der Waals surface area contributed by atoms with Crippen LogP contribution >= 0.6 is 12.2 Å². The molecule has 3 atom stereocenters. The molecular weight excluding hydrogens is 403 g/mol. The number of carbonyl (C=O) groups excluding carboxylic acids is 1. The molecule has 1 aliphatic heterocycles. The molecule has 2 heterocycles. The second kappa shape index (κ2) is 7.59. The highest BCUT2D eigenvalue weighted by molar-refractivity contribution is 7.71. The Hall–Kier alpha value is -2.16. The number of piperidine rings is 1. The van der Waals surface area contributed by atoms with Crippen molar-refractivity contribution in [3.05, 3.63) is 39.4 Å². The number of aromatic nitrogens is 2. The van der Waals surface area contributed by atoms with Gasteiger partial charge in [-0.1, -0.05) is 18.6 Å². The molecule has 1 aliphatic carbocycles. The fourth-order valence-electron chi connectivity index (χ4n) is 4.56. The molecule has 29 heavy (non-hydrogen) atoms. The minimum Gasteiger partial charge on any atom is -0.339 e. The van der Waals surface area contributed by atoms with E-state index in [-0.39, 0.29) is 17.9 Å². The Kier molecular flexibility index (Phi) is 5.27. The van der Waals surface area contributed by atoms with Crippen LogP contribution in [0, 0.1) is 16.6 Å². The summed E-state index contributed by atoms with van der Waals surface area (Å²) < 4.78 is 40.6. The van der Waals surface area contributed by atoms with Crippen LogP contribution in [-0.2, 0) is 11.3 Å². The number of fused-ring (bicyclic) bond motifs is 2. The summed E-state index contributed by atoms with van der Waals surface area (Å²) in [6, 6.07) is 6.53. The molecule has 1 saturated carbocycles. The molecule has 3 unspecified atom stereocenters. The van der Waals surface area contributed by atoms with E-state index in [0.29, 0.717) is 54.4 Å². The predicted octanol–water partition coefficient (Wildman–Crippen LogP) is 4.03. The van der Waals surface area contributed by atoms with Crippen molar-refractivity contribution in [3.63, 3.8) is 0 Å². The highest BCUT2D eigenvalue weighted by Gasteiger charge is 2.69. The van der Waals surface area contributed by atoms with Crippen molar-refractivity contribution in [1.29, 1.82) is 0 Å². The number of likely N-dealkylation sites (tertiary alicyclic amines) is 1. The minimum absolute atomic E-state index is 0.143. The number of para-hydroxylation sites is 1. The zero-order valence-electron chi connectivity index (χ0n) is 15.7. The molecule has 0 radical (unpaired) electrons. The Labute approximate surface area is 170 Å². The molecule has 2 aliphatic rings. The summed E-state index contributed by atoms with van der Waals surface area (Å²) in [5.74, 6) is -1.92. The molecule has 4 rings (SSSR count). The van der Waals surface area contributed by atoms with Crippen LogP contribution in [0.25, 0.3) is 10.9 Å². The van der Waals surface area contributed by atoms with Gasteiger partial charge in [0.1, 0.15) is 0 Å². The lowest BCUT2D eigenvalue weighted by atomic mass is 10.1. The van der Waals surface area contributed by atoms with E-state index in [1.165, 1.54) is 9.47 Å². The fourth-order valence-corrected chi connectivity index (χ4v) is 4.85. The molecule has 5 nitrogen and oxygen atoms in total. The first-order valence-electron chi connectivity index (χ1n) is 9.87. The van der Waals surface area contributed by atoms with Crippen molar-refractivity contribution in [2.45, 2.75) is 50.9 Å². The van der Waals surface area contributed by atoms with Crippen LogP contribution < -0.4 is 5.56 Å². The average Bonchev–Trinajstić information content (AvgIpc) is 3.25. The first kappa shape index (κ1) is 20.1. The van der Waals surface area contributed by atoms with Gasteiger partial charge in [-0.2, -0.15) is 13.2 Å². The van der Waals surface area contributed by atoms with E-state index in [9.17, 15) is 22.8 Å². The Morgan fingerprint density at radius 1 is 1.21 bits per heavy atom. The molecule has 1 amide bonds. The maximum atomic E-state index is 12.9. The molecular formula is C20H22F3N3O2S. The Balaban J connectivity index is 1.27. The summed E-state index contributed by atoms with van der Waals surface area (Å²) >= 11 is 5.27. The molecule has 1 saturated heterocycles. The molecule has 1 N–H and O–H groups in total. The summed E-state index contributed by atoms with van der Waals surface area (Å²) in [5, 5.41) is 0.573. The molecule has 1 aromatic heterocycles. The number of amides is 1. The lowest BCUT2D eigenvalue weighted by Gasteiger charge is -2.21. The molecule has 2 fully saturated rings. The number of benzene rings is 1. The Morgan fingerprint density at radius 2 is 1.97 bits per heavy atom. The number of hydrogen-bond donors (Lipinski definition) is 1. The largest absolute Gasteiger partial charge is 0.394 e. The third kappa shape index (κ3) is 3.84. The highest BCUT2D eigenvalue weighted by Crippen LogP contribution is 2.58. The second-order valence-corrected chi connectivity index (χ2v) is 8.23. The second-order valence-electron chi connectivity index (χ2n) is 7.84. The number of alkyl halides is 3. The monoisotopic (exact) mass is 425 g/mol. The van der Waals surface area contributed by atoms with Crippen molar-refractivity contribution >= 4 is 29.0 Å². The fraction of sp³-hybridized carbons (Fsp3) is 0.550. The first-order chi connectivity index (χ1) is 13.8. The summed E-state index contributed by atoms with van der Waals surface area (Å²) in [7, 11) is 0. The maximum absolute atomic E-state index is 12.9. The number of nitrogens with zero attached hydrogens (tertiary/aromatic N) is 2. The van der Waals surface area contributed by atoms with Crippen molar-refractivity contribution in [2.75, 3.05) is 6.54 Å². The van der Waals surface area contributed by atoms with Crippen LogP contribution in [0.1, 0.15) is 32.1 Å². The first-order valence-corrected chi connectivity index (χ1v) is 10.3. The van der Waals surface area contributed by atoms with Crippen molar-refractivity contribution in [3.8, 4) is 0 Å². The molecule has 156 valence electrons. The van der Waals surface area contributed by atoms with Gasteiger partial charge in [-0.05, 0) is 49.5 Å². The van der Waals surface area contributed by atoms with Crippen LogP contribution in [0.3, 0.4) is 0 Å². The molecule has 1 aromatic carbocycles. The third-order valence-corrected chi connectivity index (χ3v) is 6.37. The zero-order valence-corrected chi connectivity index (χ0v) is 16.6. The maximum Gasteiger partial charge on any atom is 0.394 e. The van der Waals surface area contributed by atoms with Crippen molar-refractivity contribution < 1.29 is 18.0 Å². The van der Waals surface area contributed by atoms with Crippen molar-refractivity contribution in [2.24, 2.45) is 11.8 Å². The van der Waals surface area contributed by atoms with Crippen LogP contribution in [-0.4, -0.2) is 39.1 Å². The van der Waals surface area contributed by atoms with Crippen LogP contribution in [0.5, 0.6) is 0 Å². The van der Waals surface area contributed by atoms with Gasteiger partial charge in [-0.25, -0.2) is 0 Å². The number of halogens is 3. The van der Waals surface area contributed by atoms with Gasteiger partial charge in [-0.15, -0.1) is 0 Å². The number of hydrogen-bond acceptors (Lipinski definition) is 3. The summed E-state index contributed by atoms with van der Waals surface area (Å²) in [5.41, 5.74) is 0.556. The van der Waals surface area contributed by atoms with E-state index in [2.05, 4.69) is 4.98 Å². The number of unbranched alkanes of at least 4 members (excludes halogenated alkanes) is 2. The zero-order chi connectivity index (χ0) is 20.8. The van der Waals surface area contributed by atoms with Gasteiger partial charge in [-0.3, -0.25) is 14.2 Å². The highest BCUT2D eigenvalue weighted by atomic mass is 32.1. The van der Waals surface area contributed by atoms with Crippen LogP contribution in [0.15, 0.2) is 29.1 Å². The average molecular weight is 425 g/mol. The van der Waals surface area contributed by atoms with E-state index in [1.54, 1.807) is 18.2 Å². The van der Waals surface area contributed by atoms with E-state index in [1.807, 2.05) is 6.07 Å². The van der Waals surface area contributed by atoms with Crippen LogP contribution in [0.4, 0.5) is 13.2 Å². The van der Waals surface area contributed by atoms with E-state index in [4.69, 9.17) is 12.2 Å². The summed E-state index contributed by atoms with van der Waals surface area (Å²) in [6.07, 6.45) is -1.57. The van der Waals surface area contributed by atoms with Crippen molar-refractivity contribution in [1.82, 2.24) is 14.5 Å². The SMILES string of the molecule is O=C(CCCCCn1c(=S)[nH]c2ccccc2c1=O)N1CCC2C1C2C(F)(F)F. The number of nitrogens with one attached hydrogen (secondary N) is 1. The van der Waals surface area contributed by atoms with E-state index < -0.39 is 24.1 Å². The molecule has 0 spiro atoms. The summed E-state index contributed by atoms with van der Waals surface area (Å²) in [6.45, 7) is 0.875. The Morgan fingerprint density at radius 3 is 2.69 bits per heavy atom. The minimum atomic E-state index is -4.21. The lowest BCUT2D eigenvalue weighted by Crippen LogP contribution is -2.34. The molecule has 2 aromatic rings. The normalized spacial score (nSPS) is 23.4. The summed E-state index contributed by atoms with van der Waals surface area (Å²) in [4.78, 5) is 29.4. The quantitative estimate of drug-likeness (QED) is 0.562. The number of H-pyrrole nitrogens is 1. The van der Waals surface area contributed by atoms with Gasteiger partial charge in [0.2, 0.25) is 5.91 Å². The van der Waals surface area contributed by atoms with Gasteiger partial charge >= 0.3 is 6.18 Å². The standard InChI is InChI=1S/C20H22F3N3O2S/c21-20(22,23)16-13-9-11-25(17(13)16)15(27)8-2-1-5-10-26-18(28)12-6-3-4-7-14(12)24-19(26)29/h3-4,6-7,13,16-17H,1-2,5,8-11H2,(H,24,29). The third-order valence-electron chi connectivity index (χ3n) is 6.05. The van der Waals surface area contributed by atoms with Gasteiger partial charge in [0.05, 0.1) is 16.8 Å². The predicted molar refractivity (Wildman–Crippen MR) is 105 cm³/mol. The van der Waals surface area contributed by atoms with Gasteiger partial charge in [0.15, 0.2) is 4.77 Å². The lowest BCUT2D eigenvalue weighted by molar-refractivity contribution is -0.159. The molecule has 9 heteroatoms.